The van der Waals surface area contributed by atoms with E-state index >= 15 is 0 Å². The molecule has 1 fully saturated rings. The molecule has 0 saturated carbocycles. The fourth-order valence-corrected chi connectivity index (χ4v) is 3.05. The van der Waals surface area contributed by atoms with Gasteiger partial charge in [0.05, 0.1) is 17.7 Å². The van der Waals surface area contributed by atoms with Gasteiger partial charge >= 0.3 is 0 Å². The van der Waals surface area contributed by atoms with Crippen LogP contribution in [0.3, 0.4) is 0 Å². The lowest BCUT2D eigenvalue weighted by Crippen LogP contribution is -2.52. The molecule has 1 atom stereocenters. The van der Waals surface area contributed by atoms with E-state index in [-0.39, 0.29) is 24.4 Å². The Bertz CT molecular complexity index is 711. The number of ether oxygens (including phenoxy) is 1. The third kappa shape index (κ3) is 4.77. The monoisotopic (exact) mass is 379 g/mol. The lowest BCUT2D eigenvalue weighted by atomic mass is 10.1. The fourth-order valence-electron chi connectivity index (χ4n) is 3.05. The lowest BCUT2D eigenvalue weighted by molar-refractivity contribution is -0.133. The number of halogens is 1. The molecule has 7 heteroatoms. The SMILES string of the molecule is Cc1noc(C)c1COc1ccc(CC(=O)N2CCNC[C@H]2C)cc1.Cl. The van der Waals surface area contributed by atoms with E-state index < -0.39 is 0 Å². The zero-order chi connectivity index (χ0) is 17.8. The van der Waals surface area contributed by atoms with Crippen molar-refractivity contribution in [3.8, 4) is 5.75 Å². The van der Waals surface area contributed by atoms with Gasteiger partial charge in [-0.2, -0.15) is 0 Å². The highest BCUT2D eigenvalue weighted by Crippen LogP contribution is 2.18. The molecule has 2 aromatic rings. The van der Waals surface area contributed by atoms with Crippen LogP contribution in [0.2, 0.25) is 0 Å². The van der Waals surface area contributed by atoms with Crippen molar-refractivity contribution in [2.45, 2.75) is 39.8 Å². The Morgan fingerprint density at radius 1 is 1.35 bits per heavy atom. The largest absolute Gasteiger partial charge is 0.489 e. The average molecular weight is 380 g/mol. The number of carbonyl (C=O) groups excluding carboxylic acids is 1. The molecule has 1 N–H and O–H groups in total. The Morgan fingerprint density at radius 3 is 2.69 bits per heavy atom. The van der Waals surface area contributed by atoms with Crippen molar-refractivity contribution in [3.63, 3.8) is 0 Å². The van der Waals surface area contributed by atoms with Crippen molar-refractivity contribution >= 4 is 18.3 Å². The van der Waals surface area contributed by atoms with E-state index in [0.717, 1.165) is 48.0 Å². The van der Waals surface area contributed by atoms with Crippen LogP contribution in [0.15, 0.2) is 28.8 Å². The van der Waals surface area contributed by atoms with Gasteiger partial charge < -0.3 is 19.5 Å². The van der Waals surface area contributed by atoms with E-state index in [4.69, 9.17) is 9.26 Å². The summed E-state index contributed by atoms with van der Waals surface area (Å²) in [5.74, 6) is 1.73. The van der Waals surface area contributed by atoms with Gasteiger partial charge in [-0.3, -0.25) is 4.79 Å². The second-order valence-electron chi connectivity index (χ2n) is 6.55. The molecule has 1 amide bonds. The number of piperazine rings is 1. The maximum atomic E-state index is 12.5. The van der Waals surface area contributed by atoms with Crippen molar-refractivity contribution in [3.05, 3.63) is 46.8 Å². The molecule has 1 saturated heterocycles. The molecule has 0 unspecified atom stereocenters. The molecule has 1 aliphatic heterocycles. The van der Waals surface area contributed by atoms with Crippen molar-refractivity contribution in [1.82, 2.24) is 15.4 Å². The summed E-state index contributed by atoms with van der Waals surface area (Å²) in [6.07, 6.45) is 0.425. The van der Waals surface area contributed by atoms with Crippen molar-refractivity contribution in [2.75, 3.05) is 19.6 Å². The minimum absolute atomic E-state index is 0. The van der Waals surface area contributed by atoms with E-state index in [2.05, 4.69) is 17.4 Å². The van der Waals surface area contributed by atoms with Gasteiger partial charge in [0, 0.05) is 25.7 Å². The number of aromatic nitrogens is 1. The molecular weight excluding hydrogens is 354 g/mol. The van der Waals surface area contributed by atoms with Crippen LogP contribution in [0.5, 0.6) is 5.75 Å². The summed E-state index contributed by atoms with van der Waals surface area (Å²) in [7, 11) is 0. The van der Waals surface area contributed by atoms with Crippen molar-refractivity contribution in [2.24, 2.45) is 0 Å². The minimum Gasteiger partial charge on any atom is -0.489 e. The molecule has 2 heterocycles. The molecule has 26 heavy (non-hydrogen) atoms. The molecule has 0 radical (unpaired) electrons. The molecule has 1 aromatic heterocycles. The predicted octanol–water partition coefficient (Wildman–Crippen LogP) is 2.66. The number of aryl methyl sites for hydroxylation is 2. The molecule has 1 aliphatic rings. The third-order valence-corrected chi connectivity index (χ3v) is 4.66. The van der Waals surface area contributed by atoms with Crippen molar-refractivity contribution in [1.29, 1.82) is 0 Å². The quantitative estimate of drug-likeness (QED) is 0.865. The van der Waals surface area contributed by atoms with E-state index in [1.807, 2.05) is 43.0 Å². The van der Waals surface area contributed by atoms with Crippen LogP contribution in [-0.2, 0) is 17.8 Å². The normalized spacial score (nSPS) is 16.9. The first-order valence-corrected chi connectivity index (χ1v) is 8.68. The molecule has 1 aromatic carbocycles. The topological polar surface area (TPSA) is 67.6 Å². The standard InChI is InChI=1S/C19H25N3O3.ClH/c1-13-11-20-8-9-22(13)19(23)10-16-4-6-17(7-5-16)24-12-18-14(2)21-25-15(18)3;/h4-7,13,20H,8-12H2,1-3H3;1H/t13-;/m1./s1. The Kier molecular flexibility index (Phi) is 7.06. The van der Waals surface area contributed by atoms with Gasteiger partial charge in [0.25, 0.3) is 0 Å². The van der Waals surface area contributed by atoms with Gasteiger partial charge in [0.1, 0.15) is 18.1 Å². The zero-order valence-corrected chi connectivity index (χ0v) is 16.3. The number of benzene rings is 1. The van der Waals surface area contributed by atoms with Crippen LogP contribution < -0.4 is 10.1 Å². The summed E-state index contributed by atoms with van der Waals surface area (Å²) in [5.41, 5.74) is 2.83. The Balaban J connectivity index is 0.00000243. The fraction of sp³-hybridized carbons (Fsp3) is 0.474. The van der Waals surface area contributed by atoms with Crippen molar-refractivity contribution < 1.29 is 14.1 Å². The molecular formula is C19H26ClN3O3. The number of nitrogens with zero attached hydrogens (tertiary/aromatic N) is 2. The molecule has 142 valence electrons. The van der Waals surface area contributed by atoms with Gasteiger partial charge in [0.15, 0.2) is 0 Å². The lowest BCUT2D eigenvalue weighted by Gasteiger charge is -2.34. The van der Waals surface area contributed by atoms with Crippen LogP contribution in [0, 0.1) is 13.8 Å². The number of hydrogen-bond donors (Lipinski definition) is 1. The van der Waals surface area contributed by atoms with Crippen LogP contribution in [-0.4, -0.2) is 41.6 Å². The Labute approximate surface area is 160 Å². The molecule has 3 rings (SSSR count). The van der Waals surface area contributed by atoms with Crippen LogP contribution >= 0.6 is 12.4 Å². The van der Waals surface area contributed by atoms with Crippen LogP contribution in [0.25, 0.3) is 0 Å². The maximum Gasteiger partial charge on any atom is 0.227 e. The van der Waals surface area contributed by atoms with Gasteiger partial charge in [-0.1, -0.05) is 17.3 Å². The first-order valence-electron chi connectivity index (χ1n) is 8.68. The summed E-state index contributed by atoms with van der Waals surface area (Å²) in [6.45, 7) is 8.79. The molecule has 0 spiro atoms. The number of carbonyl (C=O) groups is 1. The molecule has 0 aliphatic carbocycles. The third-order valence-electron chi connectivity index (χ3n) is 4.66. The summed E-state index contributed by atoms with van der Waals surface area (Å²) in [5, 5.41) is 7.23. The highest BCUT2D eigenvalue weighted by atomic mass is 35.5. The molecule has 0 bridgehead atoms. The van der Waals surface area contributed by atoms with Gasteiger partial charge in [0.2, 0.25) is 5.91 Å². The van der Waals surface area contributed by atoms with E-state index in [1.54, 1.807) is 0 Å². The van der Waals surface area contributed by atoms with Gasteiger partial charge in [-0.25, -0.2) is 0 Å². The highest BCUT2D eigenvalue weighted by molar-refractivity contribution is 5.85. The number of hydrogen-bond acceptors (Lipinski definition) is 5. The zero-order valence-electron chi connectivity index (χ0n) is 15.4. The summed E-state index contributed by atoms with van der Waals surface area (Å²) in [4.78, 5) is 14.4. The van der Waals surface area contributed by atoms with Crippen LogP contribution in [0.1, 0.15) is 29.5 Å². The van der Waals surface area contributed by atoms with E-state index in [0.29, 0.717) is 13.0 Å². The van der Waals surface area contributed by atoms with Gasteiger partial charge in [-0.05, 0) is 38.5 Å². The Morgan fingerprint density at radius 2 is 2.08 bits per heavy atom. The second-order valence-corrected chi connectivity index (χ2v) is 6.55. The number of nitrogens with one attached hydrogen (secondary N) is 1. The van der Waals surface area contributed by atoms with Gasteiger partial charge in [-0.15, -0.1) is 12.4 Å². The highest BCUT2D eigenvalue weighted by Gasteiger charge is 2.22. The summed E-state index contributed by atoms with van der Waals surface area (Å²) in [6, 6.07) is 7.96. The first kappa shape index (κ1) is 20.3. The number of rotatable bonds is 5. The van der Waals surface area contributed by atoms with Crippen LogP contribution in [0.4, 0.5) is 0 Å². The Hall–Kier alpha value is -2.05. The smallest absolute Gasteiger partial charge is 0.227 e. The van der Waals surface area contributed by atoms with E-state index in [9.17, 15) is 4.79 Å². The van der Waals surface area contributed by atoms with E-state index in [1.165, 1.54) is 0 Å². The first-order chi connectivity index (χ1) is 12.0. The number of amides is 1. The summed E-state index contributed by atoms with van der Waals surface area (Å²) < 4.78 is 10.9. The maximum absolute atomic E-state index is 12.5. The predicted molar refractivity (Wildman–Crippen MR) is 102 cm³/mol. The second kappa shape index (κ2) is 9.05. The molecule has 6 nitrogen and oxygen atoms in total. The minimum atomic E-state index is 0. The average Bonchev–Trinajstić information content (AvgIpc) is 2.93. The summed E-state index contributed by atoms with van der Waals surface area (Å²) >= 11 is 0.